The van der Waals surface area contributed by atoms with E-state index in [1.165, 1.54) is 25.9 Å². The van der Waals surface area contributed by atoms with E-state index in [4.69, 9.17) is 11.6 Å². The number of hydrogen-bond acceptors (Lipinski definition) is 3. The average Bonchev–Trinajstić information content (AvgIpc) is 2.74. The largest absolute Gasteiger partial charge is 0.382 e. The summed E-state index contributed by atoms with van der Waals surface area (Å²) in [5.41, 5.74) is 0.978. The second-order valence-corrected chi connectivity index (χ2v) is 4.24. The molecule has 4 heteroatoms. The second kappa shape index (κ2) is 5.33. The highest BCUT2D eigenvalue weighted by molar-refractivity contribution is 6.33. The van der Waals surface area contributed by atoms with Crippen molar-refractivity contribution < 1.29 is 0 Å². The Morgan fingerprint density at radius 3 is 2.93 bits per heavy atom. The van der Waals surface area contributed by atoms with E-state index in [1.54, 1.807) is 12.4 Å². The molecule has 2 heterocycles. The Hall–Kier alpha value is -0.800. The van der Waals surface area contributed by atoms with Crippen LogP contribution < -0.4 is 5.32 Å². The van der Waals surface area contributed by atoms with E-state index in [0.29, 0.717) is 5.02 Å². The first kappa shape index (κ1) is 10.7. The summed E-state index contributed by atoms with van der Waals surface area (Å²) in [6, 6.07) is 1.91. The Morgan fingerprint density at radius 1 is 1.40 bits per heavy atom. The van der Waals surface area contributed by atoms with Crippen LogP contribution in [-0.4, -0.2) is 36.1 Å². The molecule has 0 atom stereocenters. The van der Waals surface area contributed by atoms with E-state index in [-0.39, 0.29) is 0 Å². The standard InChI is InChI=1S/C11H16ClN3/c12-10-9-13-4-3-11(10)14-5-8-15-6-1-2-7-15/h3-4,9H,1-2,5-8H2,(H,13,14). The summed E-state index contributed by atoms with van der Waals surface area (Å²) in [4.78, 5) is 6.42. The molecule has 0 unspecified atom stereocenters. The van der Waals surface area contributed by atoms with Gasteiger partial charge in [-0.25, -0.2) is 0 Å². The van der Waals surface area contributed by atoms with E-state index in [9.17, 15) is 0 Å². The fourth-order valence-corrected chi connectivity index (χ4v) is 2.06. The van der Waals surface area contributed by atoms with Crippen molar-refractivity contribution in [2.24, 2.45) is 0 Å². The molecule has 1 aromatic rings. The van der Waals surface area contributed by atoms with Gasteiger partial charge in [-0.1, -0.05) is 11.6 Å². The molecule has 2 rings (SSSR count). The van der Waals surface area contributed by atoms with Crippen molar-refractivity contribution in [1.29, 1.82) is 0 Å². The summed E-state index contributed by atoms with van der Waals surface area (Å²) >= 11 is 5.98. The number of nitrogens with zero attached hydrogens (tertiary/aromatic N) is 2. The van der Waals surface area contributed by atoms with Gasteiger partial charge in [0.15, 0.2) is 0 Å². The summed E-state index contributed by atoms with van der Waals surface area (Å²) < 4.78 is 0. The number of rotatable bonds is 4. The van der Waals surface area contributed by atoms with Crippen molar-refractivity contribution in [1.82, 2.24) is 9.88 Å². The van der Waals surface area contributed by atoms with Crippen LogP contribution in [0.2, 0.25) is 5.02 Å². The first-order valence-electron chi connectivity index (χ1n) is 5.42. The van der Waals surface area contributed by atoms with Gasteiger partial charge < -0.3 is 10.2 Å². The molecule has 0 saturated carbocycles. The minimum Gasteiger partial charge on any atom is -0.382 e. The molecule has 1 aromatic heterocycles. The molecule has 1 saturated heterocycles. The molecule has 0 amide bonds. The van der Waals surface area contributed by atoms with Crippen molar-refractivity contribution in [2.45, 2.75) is 12.8 Å². The maximum atomic E-state index is 5.98. The molecular formula is C11H16ClN3. The zero-order valence-corrected chi connectivity index (χ0v) is 9.50. The average molecular weight is 226 g/mol. The SMILES string of the molecule is Clc1cnccc1NCCN1CCCC1. The first-order valence-corrected chi connectivity index (χ1v) is 5.80. The number of aromatic nitrogens is 1. The summed E-state index contributed by atoms with van der Waals surface area (Å²) in [5.74, 6) is 0. The summed E-state index contributed by atoms with van der Waals surface area (Å²) in [6.07, 6.45) is 6.11. The maximum Gasteiger partial charge on any atom is 0.0820 e. The highest BCUT2D eigenvalue weighted by Crippen LogP contribution is 2.18. The third-order valence-corrected chi connectivity index (χ3v) is 3.02. The van der Waals surface area contributed by atoms with E-state index < -0.39 is 0 Å². The normalized spacial score (nSPS) is 16.9. The number of halogens is 1. The zero-order valence-electron chi connectivity index (χ0n) is 8.75. The van der Waals surface area contributed by atoms with Gasteiger partial charge in [0.25, 0.3) is 0 Å². The summed E-state index contributed by atoms with van der Waals surface area (Å²) in [6.45, 7) is 4.53. The van der Waals surface area contributed by atoms with Crippen LogP contribution >= 0.6 is 11.6 Å². The Bertz CT molecular complexity index is 310. The Kier molecular flexibility index (Phi) is 3.80. The molecule has 0 radical (unpaired) electrons. The Morgan fingerprint density at radius 2 is 2.20 bits per heavy atom. The van der Waals surface area contributed by atoms with Gasteiger partial charge in [-0.3, -0.25) is 4.98 Å². The molecule has 15 heavy (non-hydrogen) atoms. The highest BCUT2D eigenvalue weighted by Gasteiger charge is 2.10. The molecule has 1 fully saturated rings. The van der Waals surface area contributed by atoms with Gasteiger partial charge in [-0.05, 0) is 32.0 Å². The third kappa shape index (κ3) is 3.08. The van der Waals surface area contributed by atoms with Crippen molar-refractivity contribution in [3.63, 3.8) is 0 Å². The van der Waals surface area contributed by atoms with Gasteiger partial charge in [0.1, 0.15) is 0 Å². The first-order chi connectivity index (χ1) is 7.36. The van der Waals surface area contributed by atoms with E-state index >= 15 is 0 Å². The van der Waals surface area contributed by atoms with Crippen LogP contribution in [0, 0.1) is 0 Å². The third-order valence-electron chi connectivity index (χ3n) is 2.71. The van der Waals surface area contributed by atoms with Gasteiger partial charge in [0, 0.05) is 25.5 Å². The molecule has 1 aliphatic rings. The zero-order chi connectivity index (χ0) is 10.5. The van der Waals surface area contributed by atoms with Crippen LogP contribution in [0.1, 0.15) is 12.8 Å². The van der Waals surface area contributed by atoms with Crippen LogP contribution in [0.3, 0.4) is 0 Å². The predicted octanol–water partition coefficient (Wildman–Crippen LogP) is 2.24. The lowest BCUT2D eigenvalue weighted by atomic mass is 10.4. The topological polar surface area (TPSA) is 28.2 Å². The van der Waals surface area contributed by atoms with Crippen molar-refractivity contribution in [3.05, 3.63) is 23.5 Å². The fraction of sp³-hybridized carbons (Fsp3) is 0.545. The lowest BCUT2D eigenvalue weighted by molar-refractivity contribution is 0.352. The molecular weight excluding hydrogens is 210 g/mol. The lowest BCUT2D eigenvalue weighted by Gasteiger charge is -2.15. The Labute approximate surface area is 95.4 Å². The molecule has 1 aliphatic heterocycles. The van der Waals surface area contributed by atoms with Gasteiger partial charge in [0.05, 0.1) is 10.7 Å². The molecule has 1 N–H and O–H groups in total. The van der Waals surface area contributed by atoms with Crippen LogP contribution in [0.15, 0.2) is 18.5 Å². The Balaban J connectivity index is 1.75. The number of nitrogens with one attached hydrogen (secondary N) is 1. The fourth-order valence-electron chi connectivity index (χ4n) is 1.87. The van der Waals surface area contributed by atoms with Crippen molar-refractivity contribution in [3.8, 4) is 0 Å². The van der Waals surface area contributed by atoms with Crippen LogP contribution in [0.25, 0.3) is 0 Å². The molecule has 0 spiro atoms. The summed E-state index contributed by atoms with van der Waals surface area (Å²) in [7, 11) is 0. The molecule has 0 aliphatic carbocycles. The number of pyridine rings is 1. The summed E-state index contributed by atoms with van der Waals surface area (Å²) in [5, 5.41) is 4.02. The highest BCUT2D eigenvalue weighted by atomic mass is 35.5. The lowest BCUT2D eigenvalue weighted by Crippen LogP contribution is -2.25. The molecule has 3 nitrogen and oxygen atoms in total. The number of likely N-dealkylation sites (tertiary alicyclic amines) is 1. The van der Waals surface area contributed by atoms with Crippen LogP contribution in [0.4, 0.5) is 5.69 Å². The van der Waals surface area contributed by atoms with Crippen LogP contribution in [-0.2, 0) is 0 Å². The van der Waals surface area contributed by atoms with Gasteiger partial charge in [-0.2, -0.15) is 0 Å². The molecule has 0 bridgehead atoms. The molecule has 0 aromatic carbocycles. The molecule has 82 valence electrons. The van der Waals surface area contributed by atoms with Gasteiger partial charge >= 0.3 is 0 Å². The maximum absolute atomic E-state index is 5.98. The van der Waals surface area contributed by atoms with E-state index in [0.717, 1.165) is 18.8 Å². The van der Waals surface area contributed by atoms with Crippen molar-refractivity contribution >= 4 is 17.3 Å². The smallest absolute Gasteiger partial charge is 0.0820 e. The van der Waals surface area contributed by atoms with Gasteiger partial charge in [-0.15, -0.1) is 0 Å². The predicted molar refractivity (Wildman–Crippen MR) is 63.4 cm³/mol. The monoisotopic (exact) mass is 225 g/mol. The van der Waals surface area contributed by atoms with E-state index in [2.05, 4.69) is 15.2 Å². The van der Waals surface area contributed by atoms with Gasteiger partial charge in [0.2, 0.25) is 0 Å². The quantitative estimate of drug-likeness (QED) is 0.852. The second-order valence-electron chi connectivity index (χ2n) is 3.83. The minimum atomic E-state index is 0.693. The van der Waals surface area contributed by atoms with E-state index in [1.807, 2.05) is 6.07 Å². The van der Waals surface area contributed by atoms with Crippen molar-refractivity contribution in [2.75, 3.05) is 31.5 Å². The van der Waals surface area contributed by atoms with Crippen LogP contribution in [0.5, 0.6) is 0 Å². The number of anilines is 1. The number of hydrogen-bond donors (Lipinski definition) is 1. The minimum absolute atomic E-state index is 0.693.